The molecule has 1 unspecified atom stereocenters. The van der Waals surface area contributed by atoms with Gasteiger partial charge in [-0.15, -0.1) is 23.2 Å². The van der Waals surface area contributed by atoms with Crippen molar-refractivity contribution in [2.75, 3.05) is 11.6 Å². The molecule has 10 heavy (non-hydrogen) atoms. The lowest BCUT2D eigenvalue weighted by Gasteiger charge is -2.00. The van der Waals surface area contributed by atoms with Gasteiger partial charge in [0.15, 0.2) is 0 Å². The van der Waals surface area contributed by atoms with Gasteiger partial charge in [0.25, 0.3) is 10.1 Å². The second-order valence-corrected chi connectivity index (χ2v) is 4.25. The van der Waals surface area contributed by atoms with Crippen LogP contribution in [0.2, 0.25) is 0 Å². The fourth-order valence-corrected chi connectivity index (χ4v) is 1.32. The Hall–Kier alpha value is 0.490. The Balaban J connectivity index is 3.56. The second-order valence-electron chi connectivity index (χ2n) is 1.80. The van der Waals surface area contributed by atoms with E-state index >= 15 is 0 Å². The zero-order valence-corrected chi connectivity index (χ0v) is 7.42. The average Bonchev–Trinajstić information content (AvgIpc) is 1.81. The molecule has 0 fully saturated rings. The van der Waals surface area contributed by atoms with Crippen molar-refractivity contribution < 1.29 is 13.0 Å². The summed E-state index contributed by atoms with van der Waals surface area (Å²) in [7, 11) is -4.12. The smallest absolute Gasteiger partial charge is 0.197 e. The van der Waals surface area contributed by atoms with Crippen molar-refractivity contribution in [2.24, 2.45) is 0 Å². The fraction of sp³-hybridized carbons (Fsp3) is 1.00. The number of hydrogen-bond donors (Lipinski definition) is 0. The molecule has 0 bridgehead atoms. The van der Waals surface area contributed by atoms with Crippen molar-refractivity contribution in [1.29, 1.82) is 0 Å². The zero-order valence-electron chi connectivity index (χ0n) is 5.09. The van der Waals surface area contributed by atoms with Crippen molar-refractivity contribution in [2.45, 2.75) is 11.8 Å². The number of halogens is 2. The van der Waals surface area contributed by atoms with Gasteiger partial charge < -0.3 is 0 Å². The summed E-state index contributed by atoms with van der Waals surface area (Å²) in [5.74, 6) is -0.273. The van der Waals surface area contributed by atoms with Crippen LogP contribution in [0.5, 0.6) is 0 Å². The van der Waals surface area contributed by atoms with Crippen LogP contribution in [0.15, 0.2) is 0 Å². The minimum atomic E-state index is -4.12. The highest BCUT2D eigenvalue weighted by Crippen LogP contribution is 2.05. The largest absolute Gasteiger partial charge is 0.294 e. The van der Waals surface area contributed by atoms with E-state index in [2.05, 4.69) is 0 Å². The van der Waals surface area contributed by atoms with E-state index < -0.39 is 21.2 Å². The Morgan fingerprint density at radius 3 is 2.20 bits per heavy atom. The molecule has 0 saturated heterocycles. The van der Waals surface area contributed by atoms with Crippen LogP contribution < -0.4 is 0 Å². The number of alkyl halides is 2. The van der Waals surface area contributed by atoms with Gasteiger partial charge in [-0.1, -0.05) is 4.55 Å². The highest BCUT2D eigenvalue weighted by atomic mass is 35.5. The predicted octanol–water partition coefficient (Wildman–Crippen LogP) is 0.983. The topological polar surface area (TPSA) is 54.0 Å². The molecule has 6 heteroatoms. The molecular formula is C4H7Cl2O3S. The molecule has 0 amide bonds. The van der Waals surface area contributed by atoms with Crippen LogP contribution in [-0.2, 0) is 14.7 Å². The first-order chi connectivity index (χ1) is 4.45. The summed E-state index contributed by atoms with van der Waals surface area (Å²) < 4.78 is 30.0. The molecule has 0 aromatic rings. The first kappa shape index (κ1) is 10.5. The number of hydrogen-bond acceptors (Lipinski definition) is 2. The predicted molar refractivity (Wildman–Crippen MR) is 39.5 cm³/mol. The summed E-state index contributed by atoms with van der Waals surface area (Å²) >= 11 is 10.7. The minimum Gasteiger partial charge on any atom is -0.197 e. The Kier molecular flexibility index (Phi) is 4.60. The van der Waals surface area contributed by atoms with Gasteiger partial charge in [-0.05, 0) is 6.42 Å². The summed E-state index contributed by atoms with van der Waals surface area (Å²) in [4.78, 5) is 0. The van der Waals surface area contributed by atoms with Gasteiger partial charge in [0, 0.05) is 11.3 Å². The molecule has 0 heterocycles. The van der Waals surface area contributed by atoms with Crippen LogP contribution in [0.4, 0.5) is 0 Å². The molecular weight excluding hydrogens is 199 g/mol. The van der Waals surface area contributed by atoms with Crippen LogP contribution in [0, 0.1) is 0 Å². The van der Waals surface area contributed by atoms with Crippen molar-refractivity contribution in [3.8, 4) is 0 Å². The molecule has 0 saturated carbocycles. The molecule has 1 radical (unpaired) electrons. The SMILES string of the molecule is [O]S(=O)(=O)CCC(Cl)CCl. The van der Waals surface area contributed by atoms with Gasteiger partial charge >= 0.3 is 0 Å². The van der Waals surface area contributed by atoms with E-state index in [9.17, 15) is 13.0 Å². The molecule has 61 valence electrons. The van der Waals surface area contributed by atoms with E-state index in [0.717, 1.165) is 0 Å². The third kappa shape index (κ3) is 6.61. The highest BCUT2D eigenvalue weighted by Gasteiger charge is 2.10. The Labute approximate surface area is 70.1 Å². The van der Waals surface area contributed by atoms with Crippen molar-refractivity contribution >= 4 is 33.3 Å². The highest BCUT2D eigenvalue weighted by molar-refractivity contribution is 7.85. The van der Waals surface area contributed by atoms with Crippen molar-refractivity contribution in [1.82, 2.24) is 0 Å². The third-order valence-electron chi connectivity index (χ3n) is 0.849. The van der Waals surface area contributed by atoms with E-state index in [1.165, 1.54) is 0 Å². The lowest BCUT2D eigenvalue weighted by atomic mass is 10.4. The van der Waals surface area contributed by atoms with Gasteiger partial charge in [0.05, 0.1) is 5.75 Å². The zero-order chi connectivity index (χ0) is 8.20. The summed E-state index contributed by atoms with van der Waals surface area (Å²) in [6, 6.07) is 0. The molecule has 0 aliphatic heterocycles. The summed E-state index contributed by atoms with van der Waals surface area (Å²) in [5, 5.41) is -0.426. The molecule has 0 aromatic heterocycles. The molecule has 0 aliphatic rings. The van der Waals surface area contributed by atoms with Gasteiger partial charge in [-0.2, -0.15) is 8.42 Å². The quantitative estimate of drug-likeness (QED) is 0.644. The molecule has 3 nitrogen and oxygen atoms in total. The van der Waals surface area contributed by atoms with E-state index in [1.807, 2.05) is 0 Å². The Morgan fingerprint density at radius 2 is 1.90 bits per heavy atom. The van der Waals surface area contributed by atoms with Crippen LogP contribution in [0.3, 0.4) is 0 Å². The Morgan fingerprint density at radius 1 is 1.40 bits per heavy atom. The van der Waals surface area contributed by atoms with Crippen molar-refractivity contribution in [3.63, 3.8) is 0 Å². The first-order valence-electron chi connectivity index (χ1n) is 2.59. The second kappa shape index (κ2) is 4.38. The lowest BCUT2D eigenvalue weighted by Crippen LogP contribution is -2.09. The summed E-state index contributed by atoms with van der Waals surface area (Å²) in [6.07, 6.45) is 0.122. The molecule has 0 N–H and O–H groups in total. The molecule has 0 aliphatic carbocycles. The minimum absolute atomic E-state index is 0.122. The van der Waals surface area contributed by atoms with Gasteiger partial charge in [0.1, 0.15) is 0 Å². The summed E-state index contributed by atoms with van der Waals surface area (Å²) in [6.45, 7) is 0. The molecule has 0 rings (SSSR count). The number of rotatable bonds is 4. The van der Waals surface area contributed by atoms with E-state index in [-0.39, 0.29) is 12.3 Å². The van der Waals surface area contributed by atoms with E-state index in [4.69, 9.17) is 23.2 Å². The van der Waals surface area contributed by atoms with Gasteiger partial charge in [-0.3, -0.25) is 0 Å². The molecule has 0 aromatic carbocycles. The summed E-state index contributed by atoms with van der Waals surface area (Å²) in [5.41, 5.74) is 0. The fourth-order valence-electron chi connectivity index (χ4n) is 0.349. The Bertz CT molecular complexity index is 177. The first-order valence-corrected chi connectivity index (χ1v) is 5.14. The van der Waals surface area contributed by atoms with Crippen molar-refractivity contribution in [3.05, 3.63) is 0 Å². The normalized spacial score (nSPS) is 15.1. The standard InChI is InChI=1S/C4H7Cl2O3S/c5-3-4(6)1-2-10(7,8)9/h4H,1-3H2. The molecule has 0 spiro atoms. The van der Waals surface area contributed by atoms with E-state index in [1.54, 1.807) is 0 Å². The van der Waals surface area contributed by atoms with Gasteiger partial charge in [0.2, 0.25) is 0 Å². The van der Waals surface area contributed by atoms with Crippen LogP contribution in [-0.4, -0.2) is 25.4 Å². The van der Waals surface area contributed by atoms with Gasteiger partial charge in [-0.25, -0.2) is 0 Å². The van der Waals surface area contributed by atoms with Crippen LogP contribution in [0.1, 0.15) is 6.42 Å². The van der Waals surface area contributed by atoms with Crippen LogP contribution in [0.25, 0.3) is 0 Å². The maximum absolute atomic E-state index is 9.99. The van der Waals surface area contributed by atoms with E-state index in [0.29, 0.717) is 0 Å². The van der Waals surface area contributed by atoms with Crippen LogP contribution >= 0.6 is 23.2 Å². The lowest BCUT2D eigenvalue weighted by molar-refractivity contribution is 0.413. The third-order valence-corrected chi connectivity index (χ3v) is 2.49. The monoisotopic (exact) mass is 205 g/mol. The molecule has 1 atom stereocenters. The maximum atomic E-state index is 9.99. The maximum Gasteiger partial charge on any atom is 0.294 e. The average molecular weight is 206 g/mol.